The Morgan fingerprint density at radius 1 is 1.09 bits per heavy atom. The number of halogens is 2. The van der Waals surface area contributed by atoms with Crippen molar-refractivity contribution in [1.29, 1.82) is 0 Å². The van der Waals surface area contributed by atoms with Crippen LogP contribution in [-0.2, 0) is 16.1 Å². The zero-order chi connectivity index (χ0) is 33.2. The van der Waals surface area contributed by atoms with E-state index in [9.17, 15) is 19.1 Å². The van der Waals surface area contributed by atoms with Gasteiger partial charge in [-0.1, -0.05) is 29.8 Å². The van der Waals surface area contributed by atoms with Gasteiger partial charge >= 0.3 is 12.0 Å². The highest BCUT2D eigenvalue weighted by Gasteiger charge is 2.32. The third-order valence-electron chi connectivity index (χ3n) is 6.66. The molecule has 3 aromatic carbocycles. The van der Waals surface area contributed by atoms with Gasteiger partial charge in [-0.15, -0.1) is 0 Å². The van der Waals surface area contributed by atoms with Crippen LogP contribution in [0.4, 0.5) is 9.18 Å². The summed E-state index contributed by atoms with van der Waals surface area (Å²) in [5.41, 5.74) is 5.08. The molecule has 0 spiro atoms. The van der Waals surface area contributed by atoms with E-state index in [0.29, 0.717) is 46.4 Å². The molecule has 0 bridgehead atoms. The van der Waals surface area contributed by atoms with Crippen LogP contribution in [0.1, 0.15) is 36.6 Å². The number of carbonyl (C=O) groups excluding carboxylic acids is 2. The first kappa shape index (κ1) is 33.9. The summed E-state index contributed by atoms with van der Waals surface area (Å²) in [4.78, 5) is 24.6. The Balaban J connectivity index is 1.38. The van der Waals surface area contributed by atoms with Crippen LogP contribution in [0.5, 0.6) is 23.0 Å². The average molecular weight is 657 g/mol. The summed E-state index contributed by atoms with van der Waals surface area (Å²) < 4.78 is 40.8. The second-order valence-electron chi connectivity index (χ2n) is 9.86. The molecule has 3 aromatic rings. The molecule has 244 valence electrons. The fourth-order valence-corrected chi connectivity index (χ4v) is 4.78. The smallest absolute Gasteiger partial charge is 0.337 e. The number of rotatable bonds is 14. The number of aliphatic hydroxyl groups excluding tert-OH is 1. The fourth-order valence-electron chi connectivity index (χ4n) is 4.51. The van der Waals surface area contributed by atoms with E-state index >= 15 is 0 Å². The maximum Gasteiger partial charge on any atom is 0.337 e. The summed E-state index contributed by atoms with van der Waals surface area (Å²) in [6.45, 7) is 3.68. The number of carbonyl (C=O) groups is 2. The van der Waals surface area contributed by atoms with Gasteiger partial charge in [0.2, 0.25) is 0 Å². The summed E-state index contributed by atoms with van der Waals surface area (Å²) in [5.74, 6) is 0.415. The van der Waals surface area contributed by atoms with Crippen molar-refractivity contribution in [2.45, 2.75) is 32.7 Å². The quantitative estimate of drug-likeness (QED) is 0.0846. The number of benzene rings is 3. The van der Waals surface area contributed by atoms with Gasteiger partial charge in [-0.3, -0.25) is 5.43 Å². The molecule has 0 unspecified atom stereocenters. The van der Waals surface area contributed by atoms with Gasteiger partial charge < -0.3 is 39.4 Å². The summed E-state index contributed by atoms with van der Waals surface area (Å²) in [7, 11) is 2.73. The Labute approximate surface area is 270 Å². The molecule has 0 radical (unpaired) electrons. The molecule has 46 heavy (non-hydrogen) atoms. The van der Waals surface area contributed by atoms with Gasteiger partial charge in [-0.25, -0.2) is 14.0 Å². The molecule has 4 N–H and O–H groups in total. The second-order valence-corrected chi connectivity index (χ2v) is 10.3. The van der Waals surface area contributed by atoms with E-state index in [0.717, 1.165) is 5.56 Å². The molecule has 1 aliphatic heterocycles. The minimum absolute atomic E-state index is 0.158. The third kappa shape index (κ3) is 8.58. The van der Waals surface area contributed by atoms with Crippen LogP contribution in [0.15, 0.2) is 71.0 Å². The highest BCUT2D eigenvalue weighted by Crippen LogP contribution is 2.37. The lowest BCUT2D eigenvalue weighted by Gasteiger charge is -2.28. The molecule has 0 aliphatic carbocycles. The minimum atomic E-state index is -1.21. The zero-order valence-electron chi connectivity index (χ0n) is 25.6. The van der Waals surface area contributed by atoms with Crippen molar-refractivity contribution in [2.75, 3.05) is 27.4 Å². The van der Waals surface area contributed by atoms with Crippen LogP contribution in [0.2, 0.25) is 5.02 Å². The van der Waals surface area contributed by atoms with E-state index in [1.807, 2.05) is 0 Å². The van der Waals surface area contributed by atoms with Crippen LogP contribution in [0.25, 0.3) is 0 Å². The van der Waals surface area contributed by atoms with Crippen molar-refractivity contribution in [1.82, 2.24) is 16.1 Å². The van der Waals surface area contributed by atoms with E-state index in [1.165, 1.54) is 32.6 Å². The number of aliphatic hydroxyl groups is 1. The standard InChI is InChI=1S/C32H34ClFN4O8/c1-5-44-25-14-21(29-28(31(40)43-4)18(2)36-32(41)37-29)8-11-24(25)45-17-27(39)38-35-15-20-12-23(33)30(26(13-20)42-3)46-16-19-6-9-22(34)10-7-19/h6-15,27,29,38-39H,5,16-17H2,1-4H3,(H2,36,37,41)/b35-15-/t27-,29-/m0/s1. The van der Waals surface area contributed by atoms with Crippen molar-refractivity contribution < 1.29 is 42.8 Å². The van der Waals surface area contributed by atoms with Crippen LogP contribution in [0.3, 0.4) is 0 Å². The Bertz CT molecular complexity index is 1620. The van der Waals surface area contributed by atoms with Gasteiger partial charge in [0.05, 0.1) is 43.7 Å². The number of allylic oxidation sites excluding steroid dienone is 1. The van der Waals surface area contributed by atoms with Gasteiger partial charge in [0.15, 0.2) is 29.2 Å². The molecule has 12 nitrogen and oxygen atoms in total. The first-order valence-electron chi connectivity index (χ1n) is 14.1. The number of ether oxygens (including phenoxy) is 5. The van der Waals surface area contributed by atoms with Crippen molar-refractivity contribution in [2.24, 2.45) is 5.10 Å². The monoisotopic (exact) mass is 656 g/mol. The summed E-state index contributed by atoms with van der Waals surface area (Å²) in [6, 6.07) is 12.9. The Kier molecular flexibility index (Phi) is 11.7. The number of urea groups is 1. The van der Waals surface area contributed by atoms with Crippen molar-refractivity contribution in [3.05, 3.63) is 93.4 Å². The fraction of sp³-hybridized carbons (Fsp3) is 0.281. The topological polar surface area (TPSA) is 149 Å². The molecular formula is C32H34ClFN4O8. The molecule has 2 atom stereocenters. The Morgan fingerprint density at radius 2 is 1.85 bits per heavy atom. The molecular weight excluding hydrogens is 623 g/mol. The molecule has 1 aliphatic rings. The summed E-state index contributed by atoms with van der Waals surface area (Å²) in [6.07, 6.45) is 0.227. The summed E-state index contributed by atoms with van der Waals surface area (Å²) >= 11 is 6.43. The average Bonchev–Trinajstić information content (AvgIpc) is 3.03. The highest BCUT2D eigenvalue weighted by atomic mass is 35.5. The minimum Gasteiger partial charge on any atom is -0.493 e. The lowest BCUT2D eigenvalue weighted by molar-refractivity contribution is -0.136. The van der Waals surface area contributed by atoms with Gasteiger partial charge in [0.25, 0.3) is 0 Å². The van der Waals surface area contributed by atoms with E-state index in [1.54, 1.807) is 56.3 Å². The predicted molar refractivity (Wildman–Crippen MR) is 168 cm³/mol. The van der Waals surface area contributed by atoms with E-state index in [4.69, 9.17) is 35.3 Å². The number of hydrazone groups is 1. The van der Waals surface area contributed by atoms with Crippen molar-refractivity contribution in [3.8, 4) is 23.0 Å². The Hall–Kier alpha value is -5.01. The van der Waals surface area contributed by atoms with Gasteiger partial charge in [0.1, 0.15) is 19.0 Å². The van der Waals surface area contributed by atoms with Crippen LogP contribution < -0.4 is 35.0 Å². The first-order chi connectivity index (χ1) is 22.1. The first-order valence-corrected chi connectivity index (χ1v) is 14.5. The largest absolute Gasteiger partial charge is 0.493 e. The zero-order valence-corrected chi connectivity index (χ0v) is 26.3. The van der Waals surface area contributed by atoms with Gasteiger partial charge in [-0.2, -0.15) is 5.10 Å². The number of nitrogens with one attached hydrogen (secondary N) is 3. The second kappa shape index (κ2) is 15.8. The number of hydrogen-bond donors (Lipinski definition) is 4. The SMILES string of the molecule is CCOc1cc([C@@H]2NC(=O)NC(C)=C2C(=O)OC)ccc1OC[C@H](O)N/N=C\c1cc(Cl)c(OCc2ccc(F)cc2)c(OC)c1. The van der Waals surface area contributed by atoms with Gasteiger partial charge in [-0.05, 0) is 66.9 Å². The number of nitrogens with zero attached hydrogens (tertiary/aromatic N) is 1. The molecule has 0 saturated carbocycles. The van der Waals surface area contributed by atoms with Crippen LogP contribution in [0, 0.1) is 5.82 Å². The van der Waals surface area contributed by atoms with E-state index in [-0.39, 0.29) is 29.6 Å². The molecule has 14 heteroatoms. The van der Waals surface area contributed by atoms with Crippen molar-refractivity contribution in [3.63, 3.8) is 0 Å². The molecule has 4 rings (SSSR count). The molecule has 1 heterocycles. The number of amides is 2. The van der Waals surface area contributed by atoms with E-state index in [2.05, 4.69) is 21.2 Å². The van der Waals surface area contributed by atoms with Gasteiger partial charge in [0, 0.05) is 5.70 Å². The third-order valence-corrected chi connectivity index (χ3v) is 6.94. The highest BCUT2D eigenvalue weighted by molar-refractivity contribution is 6.32. The molecule has 0 fully saturated rings. The molecule has 0 aromatic heterocycles. The number of esters is 1. The molecule has 2 amide bonds. The lowest BCUT2D eigenvalue weighted by Crippen LogP contribution is -2.45. The maximum absolute atomic E-state index is 13.2. The summed E-state index contributed by atoms with van der Waals surface area (Å²) in [5, 5.41) is 20.1. The van der Waals surface area contributed by atoms with Crippen LogP contribution in [-0.4, -0.2) is 57.0 Å². The predicted octanol–water partition coefficient (Wildman–Crippen LogP) is 4.59. The molecule has 0 saturated heterocycles. The Morgan fingerprint density at radius 3 is 2.54 bits per heavy atom. The maximum atomic E-state index is 13.2. The number of methoxy groups -OCH3 is 2. The van der Waals surface area contributed by atoms with E-state index < -0.39 is 24.3 Å². The number of hydrogen-bond acceptors (Lipinski definition) is 10. The lowest BCUT2D eigenvalue weighted by atomic mass is 9.95. The van der Waals surface area contributed by atoms with Crippen LogP contribution >= 0.6 is 11.6 Å². The van der Waals surface area contributed by atoms with Crippen molar-refractivity contribution >= 4 is 29.8 Å². The normalized spacial score (nSPS) is 15.1.